The number of carbonyl (C=O) groups excluding carboxylic acids is 2. The molecular formula is C31H35Cl2N3O4S. The second-order valence-corrected chi connectivity index (χ2v) is 13.1. The van der Waals surface area contributed by atoms with Gasteiger partial charge in [-0.05, 0) is 79.8 Å². The van der Waals surface area contributed by atoms with Crippen LogP contribution in [0.2, 0.25) is 10.0 Å². The van der Waals surface area contributed by atoms with Crippen molar-refractivity contribution in [1.29, 1.82) is 0 Å². The van der Waals surface area contributed by atoms with E-state index in [9.17, 15) is 18.0 Å². The van der Waals surface area contributed by atoms with E-state index in [0.717, 1.165) is 35.6 Å². The van der Waals surface area contributed by atoms with Gasteiger partial charge in [-0.2, -0.15) is 0 Å². The molecule has 2 amide bonds. The summed E-state index contributed by atoms with van der Waals surface area (Å²) in [7, 11) is -4.14. The summed E-state index contributed by atoms with van der Waals surface area (Å²) in [5, 5.41) is 4.12. The highest BCUT2D eigenvalue weighted by atomic mass is 35.5. The summed E-state index contributed by atoms with van der Waals surface area (Å²) in [6.45, 7) is 3.21. The van der Waals surface area contributed by atoms with Crippen LogP contribution in [-0.4, -0.2) is 43.8 Å². The van der Waals surface area contributed by atoms with Gasteiger partial charge in [0.05, 0.1) is 10.6 Å². The van der Waals surface area contributed by atoms with Gasteiger partial charge in [-0.15, -0.1) is 0 Å². The van der Waals surface area contributed by atoms with Crippen molar-refractivity contribution in [2.45, 2.75) is 69.5 Å². The Kier molecular flexibility index (Phi) is 10.3. The summed E-state index contributed by atoms with van der Waals surface area (Å²) in [5.74, 6) is -0.732. The number of hydrogen-bond acceptors (Lipinski definition) is 4. The normalized spacial score (nSPS) is 14.4. The summed E-state index contributed by atoms with van der Waals surface area (Å²) >= 11 is 12.3. The fourth-order valence-corrected chi connectivity index (χ4v) is 7.06. The predicted octanol–water partition coefficient (Wildman–Crippen LogP) is 6.36. The lowest BCUT2D eigenvalue weighted by Crippen LogP contribution is -2.53. The molecule has 0 bridgehead atoms. The first-order valence-corrected chi connectivity index (χ1v) is 16.0. The predicted molar refractivity (Wildman–Crippen MR) is 164 cm³/mol. The Morgan fingerprint density at radius 1 is 0.951 bits per heavy atom. The van der Waals surface area contributed by atoms with Crippen molar-refractivity contribution < 1.29 is 18.0 Å². The molecule has 1 N–H and O–H groups in total. The van der Waals surface area contributed by atoms with Crippen LogP contribution in [0.5, 0.6) is 0 Å². The fourth-order valence-electron chi connectivity index (χ4n) is 5.21. The lowest BCUT2D eigenvalue weighted by molar-refractivity contribution is -0.140. The van der Waals surface area contributed by atoms with E-state index in [2.05, 4.69) is 5.32 Å². The molecule has 0 saturated heterocycles. The van der Waals surface area contributed by atoms with Crippen LogP contribution in [-0.2, 0) is 26.2 Å². The number of anilines is 1. The number of amides is 2. The van der Waals surface area contributed by atoms with Crippen LogP contribution in [0.25, 0.3) is 0 Å². The van der Waals surface area contributed by atoms with Crippen molar-refractivity contribution in [2.24, 2.45) is 0 Å². The Morgan fingerprint density at radius 3 is 2.20 bits per heavy atom. The summed E-state index contributed by atoms with van der Waals surface area (Å²) in [6, 6.07) is 19.2. The molecule has 1 aliphatic rings. The molecule has 0 aliphatic heterocycles. The number of aryl methyl sites for hydroxylation is 1. The van der Waals surface area contributed by atoms with Crippen molar-refractivity contribution in [2.75, 3.05) is 10.8 Å². The lowest BCUT2D eigenvalue weighted by Gasteiger charge is -2.34. The zero-order valence-electron chi connectivity index (χ0n) is 23.2. The number of sulfonamides is 1. The van der Waals surface area contributed by atoms with Crippen LogP contribution < -0.4 is 9.62 Å². The van der Waals surface area contributed by atoms with Crippen LogP contribution >= 0.6 is 23.2 Å². The molecule has 1 aliphatic carbocycles. The van der Waals surface area contributed by atoms with Gasteiger partial charge in [0.1, 0.15) is 12.6 Å². The van der Waals surface area contributed by atoms with E-state index in [-0.39, 0.29) is 23.4 Å². The molecule has 0 aromatic heterocycles. The van der Waals surface area contributed by atoms with E-state index in [1.54, 1.807) is 67.6 Å². The lowest BCUT2D eigenvalue weighted by atomic mass is 10.1. The van der Waals surface area contributed by atoms with Gasteiger partial charge >= 0.3 is 0 Å². The monoisotopic (exact) mass is 615 g/mol. The Morgan fingerprint density at radius 2 is 1.59 bits per heavy atom. The average molecular weight is 617 g/mol. The highest BCUT2D eigenvalue weighted by Crippen LogP contribution is 2.30. The van der Waals surface area contributed by atoms with Crippen molar-refractivity contribution in [3.63, 3.8) is 0 Å². The Labute approximate surface area is 252 Å². The standard InChI is InChI=1S/C31H35Cl2N3O4S/c1-3-28(31(38)34-26-9-7-8-10-26)35(20-23-13-15-24(32)16-14-23)30(37)21-36(29-18-17-25(33)19-22(29)2)41(39,40)27-11-5-4-6-12-27/h4-6,11-19,26,28H,3,7-10,20-21H2,1-2H3,(H,34,38). The number of nitrogens with one attached hydrogen (secondary N) is 1. The summed E-state index contributed by atoms with van der Waals surface area (Å²) in [5.41, 5.74) is 1.71. The number of nitrogens with zero attached hydrogens (tertiary/aromatic N) is 2. The molecule has 0 heterocycles. The number of rotatable bonds is 11. The zero-order valence-corrected chi connectivity index (χ0v) is 25.6. The third-order valence-corrected chi connectivity index (χ3v) is 9.65. The third-order valence-electron chi connectivity index (χ3n) is 7.39. The van der Waals surface area contributed by atoms with Gasteiger partial charge < -0.3 is 10.2 Å². The largest absolute Gasteiger partial charge is 0.352 e. The number of benzene rings is 3. The number of halogens is 2. The van der Waals surface area contributed by atoms with Crippen molar-refractivity contribution >= 4 is 50.7 Å². The average Bonchev–Trinajstić information content (AvgIpc) is 3.46. The highest BCUT2D eigenvalue weighted by molar-refractivity contribution is 7.92. The first-order chi connectivity index (χ1) is 19.6. The van der Waals surface area contributed by atoms with Crippen LogP contribution in [0.3, 0.4) is 0 Å². The second kappa shape index (κ2) is 13.7. The van der Waals surface area contributed by atoms with Gasteiger partial charge in [0, 0.05) is 22.6 Å². The van der Waals surface area contributed by atoms with E-state index >= 15 is 0 Å². The minimum atomic E-state index is -4.14. The Bertz CT molecular complexity index is 1460. The van der Waals surface area contributed by atoms with Gasteiger partial charge in [-0.25, -0.2) is 8.42 Å². The van der Waals surface area contributed by atoms with Crippen molar-refractivity contribution in [3.05, 3.63) is 94.0 Å². The minimum Gasteiger partial charge on any atom is -0.352 e. The molecule has 1 unspecified atom stereocenters. The van der Waals surface area contributed by atoms with Crippen molar-refractivity contribution in [1.82, 2.24) is 10.2 Å². The maximum absolute atomic E-state index is 14.2. The van der Waals surface area contributed by atoms with Crippen LogP contribution in [0, 0.1) is 6.92 Å². The van der Waals surface area contributed by atoms with Gasteiger partial charge in [-0.3, -0.25) is 13.9 Å². The molecule has 1 saturated carbocycles. The van der Waals surface area contributed by atoms with Crippen LogP contribution in [0.1, 0.15) is 50.2 Å². The molecule has 1 fully saturated rings. The van der Waals surface area contributed by atoms with Gasteiger partial charge in [-0.1, -0.05) is 73.3 Å². The smallest absolute Gasteiger partial charge is 0.264 e. The van der Waals surface area contributed by atoms with E-state index < -0.39 is 28.5 Å². The number of hydrogen-bond donors (Lipinski definition) is 1. The Balaban J connectivity index is 1.72. The van der Waals surface area contributed by atoms with Gasteiger partial charge in [0.2, 0.25) is 11.8 Å². The molecule has 10 heteroatoms. The van der Waals surface area contributed by atoms with Crippen LogP contribution in [0.4, 0.5) is 5.69 Å². The molecule has 218 valence electrons. The molecule has 3 aromatic carbocycles. The molecule has 1 atom stereocenters. The molecule has 7 nitrogen and oxygen atoms in total. The topological polar surface area (TPSA) is 86.8 Å². The summed E-state index contributed by atoms with van der Waals surface area (Å²) in [6.07, 6.45) is 4.30. The molecule has 0 radical (unpaired) electrons. The van der Waals surface area contributed by atoms with Crippen LogP contribution in [0.15, 0.2) is 77.7 Å². The molecular weight excluding hydrogens is 581 g/mol. The summed E-state index contributed by atoms with van der Waals surface area (Å²) in [4.78, 5) is 29.2. The first-order valence-electron chi connectivity index (χ1n) is 13.8. The molecule has 0 spiro atoms. The minimum absolute atomic E-state index is 0.0532. The van der Waals surface area contributed by atoms with Gasteiger partial charge in [0.15, 0.2) is 0 Å². The van der Waals surface area contributed by atoms with E-state index in [1.807, 2.05) is 6.92 Å². The van der Waals surface area contributed by atoms with E-state index in [4.69, 9.17) is 23.2 Å². The maximum atomic E-state index is 14.2. The SMILES string of the molecule is CCC(C(=O)NC1CCCC1)N(Cc1ccc(Cl)cc1)C(=O)CN(c1ccc(Cl)cc1C)S(=O)(=O)c1ccccc1. The first kappa shape index (κ1) is 30.9. The zero-order chi connectivity index (χ0) is 29.6. The summed E-state index contributed by atoms with van der Waals surface area (Å²) < 4.78 is 29.0. The Hall–Kier alpha value is -3.07. The quantitative estimate of drug-likeness (QED) is 0.272. The third kappa shape index (κ3) is 7.61. The van der Waals surface area contributed by atoms with E-state index in [0.29, 0.717) is 27.7 Å². The van der Waals surface area contributed by atoms with Gasteiger partial charge in [0.25, 0.3) is 10.0 Å². The number of carbonyl (C=O) groups is 2. The fraction of sp³-hybridized carbons (Fsp3) is 0.355. The maximum Gasteiger partial charge on any atom is 0.264 e. The highest BCUT2D eigenvalue weighted by Gasteiger charge is 2.35. The van der Waals surface area contributed by atoms with E-state index in [1.165, 1.54) is 17.0 Å². The molecule has 4 rings (SSSR count). The molecule has 41 heavy (non-hydrogen) atoms. The molecule has 3 aromatic rings. The van der Waals surface area contributed by atoms with Crippen molar-refractivity contribution in [3.8, 4) is 0 Å². The second-order valence-electron chi connectivity index (χ2n) is 10.3.